The van der Waals surface area contributed by atoms with Crippen LogP contribution in [-0.4, -0.2) is 13.1 Å². The molecule has 0 aliphatic rings. The van der Waals surface area contributed by atoms with Crippen molar-refractivity contribution in [2.75, 3.05) is 7.05 Å². The largest absolute Gasteiger partial charge is 0.316 e. The highest BCUT2D eigenvalue weighted by atomic mass is 14.9. The molecule has 1 nitrogen and oxygen atoms in total. The Kier molecular flexibility index (Phi) is 6.24. The molecule has 0 aromatic carbocycles. The lowest BCUT2D eigenvalue weighted by atomic mass is 9.92. The van der Waals surface area contributed by atoms with Gasteiger partial charge >= 0.3 is 0 Å². The summed E-state index contributed by atoms with van der Waals surface area (Å²) in [4.78, 5) is 0. The van der Waals surface area contributed by atoms with E-state index in [2.05, 4.69) is 25.7 Å². The summed E-state index contributed by atoms with van der Waals surface area (Å²) in [7, 11) is 2.03. The van der Waals surface area contributed by atoms with E-state index in [4.69, 9.17) is 0 Å². The first-order valence-corrected chi connectivity index (χ1v) is 4.58. The van der Waals surface area contributed by atoms with E-state index in [-0.39, 0.29) is 0 Å². The first-order chi connectivity index (χ1) is 5.29. The number of nitrogens with one attached hydrogen (secondary N) is 1. The van der Waals surface area contributed by atoms with Gasteiger partial charge in [0.2, 0.25) is 0 Å². The van der Waals surface area contributed by atoms with Crippen molar-refractivity contribution in [2.24, 2.45) is 5.92 Å². The summed E-state index contributed by atoms with van der Waals surface area (Å²) in [6.07, 6.45) is 5.61. The van der Waals surface area contributed by atoms with Crippen molar-refractivity contribution in [1.29, 1.82) is 0 Å². The van der Waals surface area contributed by atoms with Gasteiger partial charge in [-0.3, -0.25) is 0 Å². The Morgan fingerprint density at radius 2 is 1.91 bits per heavy atom. The Morgan fingerprint density at radius 1 is 1.36 bits per heavy atom. The molecule has 0 rings (SSSR count). The van der Waals surface area contributed by atoms with Crippen LogP contribution in [0.1, 0.15) is 33.1 Å². The molecule has 0 aliphatic heterocycles. The van der Waals surface area contributed by atoms with Crippen LogP contribution in [-0.2, 0) is 0 Å². The first kappa shape index (κ1) is 10.7. The summed E-state index contributed by atoms with van der Waals surface area (Å²) in [6.45, 7) is 8.26. The lowest BCUT2D eigenvalue weighted by molar-refractivity contribution is 0.353. The summed E-state index contributed by atoms with van der Waals surface area (Å²) in [5.74, 6) is 0.804. The molecule has 1 atom stereocenters. The molecule has 1 heteroatoms. The van der Waals surface area contributed by atoms with E-state index >= 15 is 0 Å². The van der Waals surface area contributed by atoms with E-state index < -0.39 is 0 Å². The molecule has 0 saturated carbocycles. The topological polar surface area (TPSA) is 12.0 Å². The molecule has 0 radical (unpaired) electrons. The van der Waals surface area contributed by atoms with Gasteiger partial charge < -0.3 is 5.32 Å². The zero-order valence-corrected chi connectivity index (χ0v) is 8.06. The van der Waals surface area contributed by atoms with Gasteiger partial charge in [-0.05, 0) is 19.4 Å². The lowest BCUT2D eigenvalue weighted by Gasteiger charge is -2.23. The van der Waals surface area contributed by atoms with Crippen LogP contribution in [0.15, 0.2) is 12.7 Å². The summed E-state index contributed by atoms with van der Waals surface area (Å²) < 4.78 is 0. The van der Waals surface area contributed by atoms with Crippen LogP contribution in [0.2, 0.25) is 0 Å². The normalized spacial score (nSPS) is 13.5. The fourth-order valence-corrected chi connectivity index (χ4v) is 1.58. The smallest absolute Gasteiger partial charge is 0.0126 e. The minimum atomic E-state index is 0.627. The lowest BCUT2D eigenvalue weighted by Crippen LogP contribution is -2.32. The Balaban J connectivity index is 3.85. The van der Waals surface area contributed by atoms with Crippen LogP contribution in [0.25, 0.3) is 0 Å². The van der Waals surface area contributed by atoms with Gasteiger partial charge in [0.25, 0.3) is 0 Å². The van der Waals surface area contributed by atoms with Crippen LogP contribution in [0.3, 0.4) is 0 Å². The van der Waals surface area contributed by atoms with E-state index in [1.165, 1.54) is 12.8 Å². The van der Waals surface area contributed by atoms with Crippen LogP contribution in [0.4, 0.5) is 0 Å². The Morgan fingerprint density at radius 3 is 2.18 bits per heavy atom. The van der Waals surface area contributed by atoms with Crippen LogP contribution >= 0.6 is 0 Å². The van der Waals surface area contributed by atoms with E-state index in [1.807, 2.05) is 13.1 Å². The Hall–Kier alpha value is -0.300. The number of rotatable bonds is 6. The molecule has 0 saturated heterocycles. The maximum absolute atomic E-state index is 3.76. The van der Waals surface area contributed by atoms with Gasteiger partial charge in [-0.1, -0.05) is 32.8 Å². The quantitative estimate of drug-likeness (QED) is 0.581. The van der Waals surface area contributed by atoms with E-state index in [1.54, 1.807) is 0 Å². The molecular weight excluding hydrogens is 134 g/mol. The standard InChI is InChI=1S/C10H21N/c1-5-8-10(11-4)9(6-2)7-3/h5,9-11H,1,6-8H2,2-4H3. The molecule has 1 unspecified atom stereocenters. The van der Waals surface area contributed by atoms with Gasteiger partial charge in [-0.15, -0.1) is 6.58 Å². The van der Waals surface area contributed by atoms with Crippen LogP contribution in [0, 0.1) is 5.92 Å². The summed E-state index contributed by atoms with van der Waals surface area (Å²) in [5.41, 5.74) is 0. The number of hydrogen-bond acceptors (Lipinski definition) is 1. The minimum absolute atomic E-state index is 0.627. The monoisotopic (exact) mass is 155 g/mol. The Labute approximate surface area is 70.9 Å². The summed E-state index contributed by atoms with van der Waals surface area (Å²) in [5, 5.41) is 3.33. The average molecular weight is 155 g/mol. The van der Waals surface area contributed by atoms with Gasteiger partial charge in [0.05, 0.1) is 0 Å². The third-order valence-corrected chi connectivity index (χ3v) is 2.41. The molecule has 11 heavy (non-hydrogen) atoms. The molecule has 0 heterocycles. The van der Waals surface area contributed by atoms with Gasteiger partial charge in [0, 0.05) is 6.04 Å². The second-order valence-electron chi connectivity index (χ2n) is 3.00. The second-order valence-corrected chi connectivity index (χ2v) is 3.00. The fraction of sp³-hybridized carbons (Fsp3) is 0.800. The number of hydrogen-bond donors (Lipinski definition) is 1. The van der Waals surface area contributed by atoms with Crippen molar-refractivity contribution in [1.82, 2.24) is 5.32 Å². The van der Waals surface area contributed by atoms with E-state index in [0.717, 1.165) is 12.3 Å². The zero-order valence-electron chi connectivity index (χ0n) is 8.06. The van der Waals surface area contributed by atoms with Crippen LogP contribution in [0.5, 0.6) is 0 Å². The highest BCUT2D eigenvalue weighted by Crippen LogP contribution is 2.15. The van der Waals surface area contributed by atoms with Crippen molar-refractivity contribution >= 4 is 0 Å². The van der Waals surface area contributed by atoms with Crippen molar-refractivity contribution in [3.63, 3.8) is 0 Å². The SMILES string of the molecule is C=CCC(NC)C(CC)CC. The predicted molar refractivity (Wildman–Crippen MR) is 51.7 cm³/mol. The minimum Gasteiger partial charge on any atom is -0.316 e. The fourth-order valence-electron chi connectivity index (χ4n) is 1.58. The van der Waals surface area contributed by atoms with Gasteiger partial charge in [0.15, 0.2) is 0 Å². The molecule has 66 valence electrons. The van der Waals surface area contributed by atoms with Gasteiger partial charge in [-0.2, -0.15) is 0 Å². The Bertz CT molecular complexity index is 95.0. The molecule has 0 spiro atoms. The van der Waals surface area contributed by atoms with Gasteiger partial charge in [0.1, 0.15) is 0 Å². The van der Waals surface area contributed by atoms with Gasteiger partial charge in [-0.25, -0.2) is 0 Å². The summed E-state index contributed by atoms with van der Waals surface area (Å²) >= 11 is 0. The van der Waals surface area contributed by atoms with Crippen molar-refractivity contribution < 1.29 is 0 Å². The zero-order chi connectivity index (χ0) is 8.69. The van der Waals surface area contributed by atoms with Crippen LogP contribution < -0.4 is 5.32 Å². The van der Waals surface area contributed by atoms with Crippen molar-refractivity contribution in [2.45, 2.75) is 39.2 Å². The second kappa shape index (κ2) is 6.41. The summed E-state index contributed by atoms with van der Waals surface area (Å²) in [6, 6.07) is 0.627. The maximum Gasteiger partial charge on any atom is 0.0126 e. The highest BCUT2D eigenvalue weighted by molar-refractivity contribution is 4.81. The first-order valence-electron chi connectivity index (χ1n) is 4.58. The molecule has 0 fully saturated rings. The predicted octanol–water partition coefficient (Wildman–Crippen LogP) is 2.59. The van der Waals surface area contributed by atoms with E-state index in [9.17, 15) is 0 Å². The molecule has 0 aliphatic carbocycles. The third kappa shape index (κ3) is 3.57. The molecule has 0 bridgehead atoms. The molecular formula is C10H21N. The average Bonchev–Trinajstić information content (AvgIpc) is 2.05. The molecule has 0 aromatic rings. The molecule has 0 aromatic heterocycles. The molecule has 0 amide bonds. The third-order valence-electron chi connectivity index (χ3n) is 2.41. The maximum atomic E-state index is 3.76. The highest BCUT2D eigenvalue weighted by Gasteiger charge is 2.13. The van der Waals surface area contributed by atoms with Crippen molar-refractivity contribution in [3.8, 4) is 0 Å². The van der Waals surface area contributed by atoms with Crippen molar-refractivity contribution in [3.05, 3.63) is 12.7 Å². The van der Waals surface area contributed by atoms with E-state index in [0.29, 0.717) is 6.04 Å². The molecule has 1 N–H and O–H groups in total.